The van der Waals surface area contributed by atoms with Crippen LogP contribution in [0.4, 0.5) is 5.82 Å². The van der Waals surface area contributed by atoms with Gasteiger partial charge in [-0.3, -0.25) is 9.69 Å². The van der Waals surface area contributed by atoms with Crippen molar-refractivity contribution in [3.63, 3.8) is 0 Å². The summed E-state index contributed by atoms with van der Waals surface area (Å²) in [6.45, 7) is 0.301. The maximum absolute atomic E-state index is 11.4. The lowest BCUT2D eigenvalue weighted by Gasteiger charge is -2.12. The first kappa shape index (κ1) is 9.54. The van der Waals surface area contributed by atoms with Gasteiger partial charge in [0.1, 0.15) is 4.60 Å². The lowest BCUT2D eigenvalue weighted by molar-refractivity contribution is -0.117. The maximum Gasteiger partial charge on any atom is 0.230 e. The third kappa shape index (κ3) is 1.76. The molecular weight excluding hydrogens is 250 g/mol. The molecule has 1 saturated heterocycles. The Morgan fingerprint density at radius 2 is 2.29 bits per heavy atom. The molecule has 1 amide bonds. The van der Waals surface area contributed by atoms with Gasteiger partial charge in [0.2, 0.25) is 5.91 Å². The Balaban J connectivity index is 2.23. The highest BCUT2D eigenvalue weighted by molar-refractivity contribution is 9.10. The number of β-amino-alcohol motifs (C(OH)–C–C–N with tert-alkyl or cyclic N) is 1. The van der Waals surface area contributed by atoms with Gasteiger partial charge in [-0.2, -0.15) is 0 Å². The first-order valence-electron chi connectivity index (χ1n) is 4.14. The number of hydrogen-bond acceptors (Lipinski definition) is 4. The van der Waals surface area contributed by atoms with Crippen molar-refractivity contribution in [1.82, 2.24) is 10.2 Å². The first-order valence-corrected chi connectivity index (χ1v) is 4.94. The number of aromatic nitrogens is 2. The Kier molecular flexibility index (Phi) is 2.47. The summed E-state index contributed by atoms with van der Waals surface area (Å²) in [4.78, 5) is 12.8. The molecule has 1 aliphatic rings. The monoisotopic (exact) mass is 257 g/mol. The fourth-order valence-electron chi connectivity index (χ4n) is 1.36. The molecule has 0 aliphatic carbocycles. The molecular formula is C8H8BrN3O2. The molecule has 1 aliphatic heterocycles. The summed E-state index contributed by atoms with van der Waals surface area (Å²) in [6, 6.07) is 3.40. The smallest absolute Gasteiger partial charge is 0.230 e. The number of halogens is 1. The van der Waals surface area contributed by atoms with E-state index in [0.717, 1.165) is 0 Å². The molecule has 1 atom stereocenters. The van der Waals surface area contributed by atoms with E-state index in [0.29, 0.717) is 17.0 Å². The molecule has 0 aromatic carbocycles. The second-order valence-corrected chi connectivity index (χ2v) is 3.89. The molecule has 14 heavy (non-hydrogen) atoms. The number of anilines is 1. The Hall–Kier alpha value is -1.01. The number of amides is 1. The number of nitrogens with zero attached hydrogens (tertiary/aromatic N) is 3. The number of aliphatic hydroxyl groups is 1. The second-order valence-electron chi connectivity index (χ2n) is 3.08. The van der Waals surface area contributed by atoms with E-state index in [1.54, 1.807) is 12.1 Å². The number of hydrogen-bond donors (Lipinski definition) is 1. The fraction of sp³-hybridized carbons (Fsp3) is 0.375. The van der Waals surface area contributed by atoms with Crippen LogP contribution in [0.2, 0.25) is 0 Å². The first-order chi connectivity index (χ1) is 6.66. The topological polar surface area (TPSA) is 66.3 Å². The fourth-order valence-corrected chi connectivity index (χ4v) is 1.57. The van der Waals surface area contributed by atoms with E-state index < -0.39 is 6.10 Å². The maximum atomic E-state index is 11.4. The number of rotatable bonds is 1. The van der Waals surface area contributed by atoms with E-state index in [9.17, 15) is 9.90 Å². The van der Waals surface area contributed by atoms with Gasteiger partial charge < -0.3 is 5.11 Å². The van der Waals surface area contributed by atoms with E-state index in [-0.39, 0.29) is 12.3 Å². The molecule has 5 nitrogen and oxygen atoms in total. The van der Waals surface area contributed by atoms with Crippen LogP contribution >= 0.6 is 15.9 Å². The van der Waals surface area contributed by atoms with Gasteiger partial charge in [0, 0.05) is 0 Å². The molecule has 1 N–H and O–H groups in total. The Morgan fingerprint density at radius 1 is 1.50 bits per heavy atom. The van der Waals surface area contributed by atoms with Crippen LogP contribution in [-0.4, -0.2) is 33.9 Å². The highest BCUT2D eigenvalue weighted by atomic mass is 79.9. The van der Waals surface area contributed by atoms with Crippen LogP contribution in [0.25, 0.3) is 0 Å². The van der Waals surface area contributed by atoms with Gasteiger partial charge >= 0.3 is 0 Å². The zero-order valence-electron chi connectivity index (χ0n) is 7.22. The summed E-state index contributed by atoms with van der Waals surface area (Å²) in [5.74, 6) is 0.365. The molecule has 74 valence electrons. The van der Waals surface area contributed by atoms with Crippen molar-refractivity contribution in [3.05, 3.63) is 16.7 Å². The summed E-state index contributed by atoms with van der Waals surface area (Å²) in [5, 5.41) is 16.9. The van der Waals surface area contributed by atoms with Crippen LogP contribution in [0, 0.1) is 0 Å². The van der Waals surface area contributed by atoms with E-state index in [2.05, 4.69) is 26.1 Å². The minimum absolute atomic E-state index is 0.117. The molecule has 1 aromatic heterocycles. The van der Waals surface area contributed by atoms with Gasteiger partial charge in [-0.05, 0) is 28.1 Å². The molecule has 2 heterocycles. The quantitative estimate of drug-likeness (QED) is 0.788. The van der Waals surface area contributed by atoms with Crippen molar-refractivity contribution < 1.29 is 9.90 Å². The van der Waals surface area contributed by atoms with Gasteiger partial charge in [0.05, 0.1) is 19.1 Å². The third-order valence-electron chi connectivity index (χ3n) is 2.00. The molecule has 0 saturated carbocycles. The molecule has 0 bridgehead atoms. The van der Waals surface area contributed by atoms with Gasteiger partial charge in [-0.15, -0.1) is 10.2 Å². The highest BCUT2D eigenvalue weighted by Crippen LogP contribution is 2.19. The van der Waals surface area contributed by atoms with E-state index >= 15 is 0 Å². The van der Waals surface area contributed by atoms with Gasteiger partial charge in [0.15, 0.2) is 5.82 Å². The molecule has 2 rings (SSSR count). The largest absolute Gasteiger partial charge is 0.391 e. The standard InChI is InChI=1S/C8H8BrN3O2/c9-6-1-2-7(11-10-6)12-4-5(13)3-8(12)14/h1-2,5,13H,3-4H2. The van der Waals surface area contributed by atoms with Crippen molar-refractivity contribution in [1.29, 1.82) is 0 Å². The summed E-state index contributed by atoms with van der Waals surface area (Å²) in [7, 11) is 0. The number of carbonyl (C=O) groups excluding carboxylic acids is 1. The van der Waals surface area contributed by atoms with Gasteiger partial charge in [-0.1, -0.05) is 0 Å². The Labute approximate surface area is 88.9 Å². The summed E-state index contributed by atoms with van der Waals surface area (Å²) in [6.07, 6.45) is -0.425. The van der Waals surface area contributed by atoms with E-state index in [1.165, 1.54) is 4.90 Å². The Bertz CT molecular complexity index is 354. The molecule has 1 aromatic rings. The zero-order valence-corrected chi connectivity index (χ0v) is 8.81. The molecule has 0 radical (unpaired) electrons. The van der Waals surface area contributed by atoms with Crippen LogP contribution in [0.5, 0.6) is 0 Å². The summed E-state index contributed by atoms with van der Waals surface area (Å²) < 4.78 is 0.619. The molecule has 6 heteroatoms. The van der Waals surface area contributed by atoms with Crippen LogP contribution in [-0.2, 0) is 4.79 Å². The lowest BCUT2D eigenvalue weighted by atomic mass is 10.3. The average molecular weight is 258 g/mol. The minimum Gasteiger partial charge on any atom is -0.391 e. The minimum atomic E-state index is -0.590. The van der Waals surface area contributed by atoms with Gasteiger partial charge in [0.25, 0.3) is 0 Å². The van der Waals surface area contributed by atoms with Crippen LogP contribution < -0.4 is 4.90 Å². The summed E-state index contributed by atoms with van der Waals surface area (Å²) in [5.41, 5.74) is 0. The molecule has 0 spiro atoms. The van der Waals surface area contributed by atoms with Crippen LogP contribution in [0.1, 0.15) is 6.42 Å². The highest BCUT2D eigenvalue weighted by Gasteiger charge is 2.29. The zero-order chi connectivity index (χ0) is 10.1. The predicted molar refractivity (Wildman–Crippen MR) is 52.7 cm³/mol. The van der Waals surface area contributed by atoms with E-state index in [4.69, 9.17) is 0 Å². The van der Waals surface area contributed by atoms with Crippen molar-refractivity contribution in [3.8, 4) is 0 Å². The van der Waals surface area contributed by atoms with Crippen molar-refractivity contribution in [2.45, 2.75) is 12.5 Å². The summed E-state index contributed by atoms with van der Waals surface area (Å²) >= 11 is 3.15. The third-order valence-corrected chi connectivity index (χ3v) is 2.42. The molecule has 1 unspecified atom stereocenters. The normalized spacial score (nSPS) is 21.7. The number of aliphatic hydroxyl groups excluding tert-OH is 1. The van der Waals surface area contributed by atoms with Crippen molar-refractivity contribution >= 4 is 27.7 Å². The van der Waals surface area contributed by atoms with Crippen molar-refractivity contribution in [2.75, 3.05) is 11.4 Å². The Morgan fingerprint density at radius 3 is 2.79 bits per heavy atom. The van der Waals surface area contributed by atoms with Crippen LogP contribution in [0.3, 0.4) is 0 Å². The predicted octanol–water partition coefficient (Wildman–Crippen LogP) is 0.337. The van der Waals surface area contributed by atoms with Crippen LogP contribution in [0.15, 0.2) is 16.7 Å². The van der Waals surface area contributed by atoms with E-state index in [1.807, 2.05) is 0 Å². The molecule has 1 fully saturated rings. The van der Waals surface area contributed by atoms with Crippen molar-refractivity contribution in [2.24, 2.45) is 0 Å². The average Bonchev–Trinajstić information content (AvgIpc) is 2.47. The SMILES string of the molecule is O=C1CC(O)CN1c1ccc(Br)nn1. The second kappa shape index (κ2) is 3.62. The van der Waals surface area contributed by atoms with Gasteiger partial charge in [-0.25, -0.2) is 0 Å². The lowest BCUT2D eigenvalue weighted by Crippen LogP contribution is -2.26. The number of carbonyl (C=O) groups is 1.